The fourth-order valence-corrected chi connectivity index (χ4v) is 2.44. The molecule has 1 aromatic carbocycles. The van der Waals surface area contributed by atoms with Crippen LogP contribution < -0.4 is 5.32 Å². The molecule has 2 rings (SSSR count). The predicted molar refractivity (Wildman–Crippen MR) is 59.3 cm³/mol. The molecule has 0 saturated carbocycles. The molecule has 1 N–H and O–H groups in total. The van der Waals surface area contributed by atoms with Crippen LogP contribution in [0.15, 0.2) is 18.2 Å². The van der Waals surface area contributed by atoms with Crippen LogP contribution in [0.3, 0.4) is 0 Å². The Morgan fingerprint density at radius 3 is 3.08 bits per heavy atom. The van der Waals surface area contributed by atoms with E-state index < -0.39 is 0 Å². The maximum Gasteiger partial charge on any atom is 0.0323 e. The lowest BCUT2D eigenvalue weighted by Crippen LogP contribution is -2.12. The normalized spacial score (nSPS) is 21.0. The fourth-order valence-electron chi connectivity index (χ4n) is 1.89. The molecule has 0 spiro atoms. The fraction of sp³-hybridized carbons (Fsp3) is 0.400. The zero-order chi connectivity index (χ0) is 8.55. The lowest BCUT2D eigenvalue weighted by Gasteiger charge is -2.09. The topological polar surface area (TPSA) is 12.0 Å². The van der Waals surface area contributed by atoms with Crippen LogP contribution >= 0.6 is 22.6 Å². The molecule has 0 aromatic heterocycles. The number of rotatable bonds is 1. The van der Waals surface area contributed by atoms with E-state index >= 15 is 0 Å². The van der Waals surface area contributed by atoms with Crippen molar-refractivity contribution in [3.63, 3.8) is 0 Å². The van der Waals surface area contributed by atoms with E-state index in [0.717, 1.165) is 0 Å². The van der Waals surface area contributed by atoms with Gasteiger partial charge in [0.1, 0.15) is 0 Å². The van der Waals surface area contributed by atoms with Gasteiger partial charge in [0, 0.05) is 9.61 Å². The van der Waals surface area contributed by atoms with E-state index in [1.165, 1.54) is 27.5 Å². The molecule has 1 aromatic rings. The van der Waals surface area contributed by atoms with Gasteiger partial charge in [-0.2, -0.15) is 0 Å². The van der Waals surface area contributed by atoms with Gasteiger partial charge in [0.05, 0.1) is 0 Å². The van der Waals surface area contributed by atoms with Crippen LogP contribution in [0.5, 0.6) is 0 Å². The summed E-state index contributed by atoms with van der Waals surface area (Å²) in [5.41, 5.74) is 3.03. The van der Waals surface area contributed by atoms with Crippen LogP contribution in [0.4, 0.5) is 0 Å². The van der Waals surface area contributed by atoms with Gasteiger partial charge >= 0.3 is 0 Å². The van der Waals surface area contributed by atoms with Crippen molar-refractivity contribution in [3.05, 3.63) is 32.9 Å². The molecule has 0 fully saturated rings. The van der Waals surface area contributed by atoms with Crippen molar-refractivity contribution < 1.29 is 0 Å². The molecule has 1 aliphatic rings. The number of hydrogen-bond acceptors (Lipinski definition) is 1. The summed E-state index contributed by atoms with van der Waals surface area (Å²) in [4.78, 5) is 0. The molecule has 0 heterocycles. The van der Waals surface area contributed by atoms with E-state index in [1.54, 1.807) is 0 Å². The van der Waals surface area contributed by atoms with Crippen LogP contribution in [-0.4, -0.2) is 7.05 Å². The van der Waals surface area contributed by atoms with Crippen molar-refractivity contribution in [3.8, 4) is 0 Å². The number of benzene rings is 1. The summed E-state index contributed by atoms with van der Waals surface area (Å²) in [5.74, 6) is 0. The molecule has 0 radical (unpaired) electrons. The lowest BCUT2D eigenvalue weighted by molar-refractivity contribution is 0.590. The highest BCUT2D eigenvalue weighted by atomic mass is 127. The third kappa shape index (κ3) is 1.38. The summed E-state index contributed by atoms with van der Waals surface area (Å²) >= 11 is 2.37. The Kier molecular flexibility index (Phi) is 2.37. The third-order valence-electron chi connectivity index (χ3n) is 2.53. The second-order valence-electron chi connectivity index (χ2n) is 3.22. The SMILES string of the molecule is CNC1CCc2cc(I)ccc21. The summed E-state index contributed by atoms with van der Waals surface area (Å²) in [5, 5.41) is 3.34. The monoisotopic (exact) mass is 273 g/mol. The minimum absolute atomic E-state index is 0.594. The summed E-state index contributed by atoms with van der Waals surface area (Å²) in [6, 6.07) is 7.34. The smallest absolute Gasteiger partial charge is 0.0323 e. The Labute approximate surface area is 86.7 Å². The first-order valence-corrected chi connectivity index (χ1v) is 5.34. The zero-order valence-corrected chi connectivity index (χ0v) is 9.26. The van der Waals surface area contributed by atoms with Crippen LogP contribution in [-0.2, 0) is 6.42 Å². The molecule has 0 aliphatic heterocycles. The largest absolute Gasteiger partial charge is 0.313 e. The van der Waals surface area contributed by atoms with Crippen molar-refractivity contribution in [2.75, 3.05) is 7.05 Å². The van der Waals surface area contributed by atoms with Gasteiger partial charge in [-0.1, -0.05) is 6.07 Å². The van der Waals surface area contributed by atoms with Gasteiger partial charge < -0.3 is 5.32 Å². The van der Waals surface area contributed by atoms with Gasteiger partial charge in [0.25, 0.3) is 0 Å². The maximum atomic E-state index is 3.34. The van der Waals surface area contributed by atoms with E-state index in [-0.39, 0.29) is 0 Å². The quantitative estimate of drug-likeness (QED) is 0.775. The van der Waals surface area contributed by atoms with E-state index in [1.807, 2.05) is 7.05 Å². The van der Waals surface area contributed by atoms with Crippen molar-refractivity contribution in [2.45, 2.75) is 18.9 Å². The third-order valence-corrected chi connectivity index (χ3v) is 3.20. The first-order valence-electron chi connectivity index (χ1n) is 4.27. The Morgan fingerprint density at radius 1 is 1.50 bits per heavy atom. The first-order chi connectivity index (χ1) is 5.81. The summed E-state index contributed by atoms with van der Waals surface area (Å²) < 4.78 is 1.35. The van der Waals surface area contributed by atoms with Crippen LogP contribution in [0.1, 0.15) is 23.6 Å². The molecule has 0 saturated heterocycles. The molecule has 12 heavy (non-hydrogen) atoms. The Hall–Kier alpha value is -0.0900. The van der Waals surface area contributed by atoms with Crippen LogP contribution in [0.2, 0.25) is 0 Å². The average Bonchev–Trinajstić information content (AvgIpc) is 2.46. The van der Waals surface area contributed by atoms with Crippen molar-refractivity contribution in [1.29, 1.82) is 0 Å². The Balaban J connectivity index is 2.40. The molecule has 1 atom stereocenters. The molecule has 1 nitrogen and oxygen atoms in total. The molecule has 1 aliphatic carbocycles. The maximum absolute atomic E-state index is 3.34. The van der Waals surface area contributed by atoms with E-state index in [0.29, 0.717) is 6.04 Å². The number of hydrogen-bond donors (Lipinski definition) is 1. The second kappa shape index (κ2) is 3.34. The summed E-state index contributed by atoms with van der Waals surface area (Å²) in [6.45, 7) is 0. The molecule has 64 valence electrons. The standard InChI is InChI=1S/C10H12IN/c1-12-10-5-2-7-6-8(11)3-4-9(7)10/h3-4,6,10,12H,2,5H2,1H3. The van der Waals surface area contributed by atoms with E-state index in [4.69, 9.17) is 0 Å². The van der Waals surface area contributed by atoms with Crippen LogP contribution in [0.25, 0.3) is 0 Å². The molecular formula is C10H12IN. The molecular weight excluding hydrogens is 261 g/mol. The number of nitrogens with one attached hydrogen (secondary N) is 1. The number of halogens is 1. The van der Waals surface area contributed by atoms with Gasteiger partial charge in [-0.05, 0) is 65.7 Å². The molecule has 0 bridgehead atoms. The Morgan fingerprint density at radius 2 is 2.33 bits per heavy atom. The molecule has 1 unspecified atom stereocenters. The van der Waals surface area contributed by atoms with Crippen molar-refractivity contribution >= 4 is 22.6 Å². The summed E-state index contributed by atoms with van der Waals surface area (Å²) in [7, 11) is 2.04. The van der Waals surface area contributed by atoms with Crippen LogP contribution in [0, 0.1) is 3.57 Å². The minimum atomic E-state index is 0.594. The average molecular weight is 273 g/mol. The minimum Gasteiger partial charge on any atom is -0.313 e. The van der Waals surface area contributed by atoms with Gasteiger partial charge in [0.15, 0.2) is 0 Å². The number of aryl methyl sites for hydroxylation is 1. The highest BCUT2D eigenvalue weighted by Gasteiger charge is 2.20. The zero-order valence-electron chi connectivity index (χ0n) is 7.10. The Bertz CT molecular complexity index is 296. The van der Waals surface area contributed by atoms with Crippen molar-refractivity contribution in [2.24, 2.45) is 0 Å². The van der Waals surface area contributed by atoms with Gasteiger partial charge in [-0.25, -0.2) is 0 Å². The van der Waals surface area contributed by atoms with Crippen molar-refractivity contribution in [1.82, 2.24) is 5.32 Å². The first kappa shape index (κ1) is 8.51. The predicted octanol–water partition coefficient (Wildman–Crippen LogP) is 2.50. The molecule has 2 heteroatoms. The van der Waals surface area contributed by atoms with Gasteiger partial charge in [-0.3, -0.25) is 0 Å². The highest BCUT2D eigenvalue weighted by Crippen LogP contribution is 2.31. The molecule has 0 amide bonds. The second-order valence-corrected chi connectivity index (χ2v) is 4.47. The van der Waals surface area contributed by atoms with E-state index in [9.17, 15) is 0 Å². The lowest BCUT2D eigenvalue weighted by atomic mass is 10.1. The number of fused-ring (bicyclic) bond motifs is 1. The summed E-state index contributed by atoms with van der Waals surface area (Å²) in [6.07, 6.45) is 2.49. The highest BCUT2D eigenvalue weighted by molar-refractivity contribution is 14.1. The van der Waals surface area contributed by atoms with Gasteiger partial charge in [0.2, 0.25) is 0 Å². The van der Waals surface area contributed by atoms with Gasteiger partial charge in [-0.15, -0.1) is 0 Å². The van der Waals surface area contributed by atoms with E-state index in [2.05, 4.69) is 46.1 Å².